The number of carbonyl (C=O) groups is 1. The molecule has 0 radical (unpaired) electrons. The van der Waals surface area contributed by atoms with E-state index in [0.29, 0.717) is 17.4 Å². The third kappa shape index (κ3) is 3.47. The summed E-state index contributed by atoms with van der Waals surface area (Å²) in [7, 11) is 0. The number of nitrogens with one attached hydrogen (secondary N) is 2. The zero-order valence-corrected chi connectivity index (χ0v) is 15.1. The van der Waals surface area contributed by atoms with Gasteiger partial charge in [-0.05, 0) is 38.5 Å². The van der Waals surface area contributed by atoms with Crippen molar-refractivity contribution in [1.82, 2.24) is 20.4 Å². The van der Waals surface area contributed by atoms with Crippen LogP contribution in [0.3, 0.4) is 0 Å². The normalized spacial score (nSPS) is 14.5. The second-order valence-electron chi connectivity index (χ2n) is 6.50. The van der Waals surface area contributed by atoms with E-state index in [1.165, 1.54) is 0 Å². The summed E-state index contributed by atoms with van der Waals surface area (Å²) in [5.74, 6) is 0.614. The zero-order chi connectivity index (χ0) is 17.3. The van der Waals surface area contributed by atoms with Crippen molar-refractivity contribution in [2.45, 2.75) is 27.2 Å². The van der Waals surface area contributed by atoms with Gasteiger partial charge in [-0.3, -0.25) is 4.79 Å². The summed E-state index contributed by atoms with van der Waals surface area (Å²) < 4.78 is 1.86. The predicted molar refractivity (Wildman–Crippen MR) is 95.9 cm³/mol. The molecule has 1 aliphatic rings. The standard InChI is InChI=1S/C18H23ClN4O/c1-11-4-5-15(6-17(11)19)23-13(3)16(12(2)22-23)7-18(24)21-10-14-8-20-9-14/h4-6,14,20H,7-10H2,1-3H3,(H,21,24). The minimum Gasteiger partial charge on any atom is -0.355 e. The molecule has 6 heteroatoms. The number of aromatic nitrogens is 2. The molecule has 3 rings (SSSR count). The second-order valence-corrected chi connectivity index (χ2v) is 6.91. The maximum Gasteiger partial charge on any atom is 0.224 e. The van der Waals surface area contributed by atoms with Crippen molar-refractivity contribution in [3.8, 4) is 5.69 Å². The highest BCUT2D eigenvalue weighted by molar-refractivity contribution is 6.31. The van der Waals surface area contributed by atoms with Gasteiger partial charge in [0, 0.05) is 41.8 Å². The van der Waals surface area contributed by atoms with E-state index in [4.69, 9.17) is 11.6 Å². The molecule has 5 nitrogen and oxygen atoms in total. The first-order chi connectivity index (χ1) is 11.5. The molecule has 2 aromatic rings. The van der Waals surface area contributed by atoms with Crippen LogP contribution in [0.1, 0.15) is 22.5 Å². The van der Waals surface area contributed by atoms with E-state index >= 15 is 0 Å². The first kappa shape index (κ1) is 17.0. The molecule has 0 bridgehead atoms. The molecule has 1 aromatic heterocycles. The Morgan fingerprint density at radius 2 is 2.12 bits per heavy atom. The van der Waals surface area contributed by atoms with Crippen LogP contribution in [0.2, 0.25) is 5.02 Å². The Hall–Kier alpha value is -1.85. The summed E-state index contributed by atoms with van der Waals surface area (Å²) in [6.07, 6.45) is 0.359. The molecule has 0 aliphatic carbocycles. The molecular formula is C18H23ClN4O. The Balaban J connectivity index is 1.75. The van der Waals surface area contributed by atoms with E-state index in [9.17, 15) is 4.79 Å². The Labute approximate surface area is 147 Å². The SMILES string of the molecule is Cc1ccc(-n2nc(C)c(CC(=O)NCC3CNC3)c2C)cc1Cl. The summed E-state index contributed by atoms with van der Waals surface area (Å²) in [6, 6.07) is 5.88. The maximum absolute atomic E-state index is 12.2. The van der Waals surface area contributed by atoms with Crippen molar-refractivity contribution in [1.29, 1.82) is 0 Å². The highest BCUT2D eigenvalue weighted by Gasteiger charge is 2.19. The Bertz CT molecular complexity index is 765. The summed E-state index contributed by atoms with van der Waals surface area (Å²) in [5, 5.41) is 11.5. The fourth-order valence-electron chi connectivity index (χ4n) is 2.87. The number of nitrogens with zero attached hydrogens (tertiary/aromatic N) is 2. The highest BCUT2D eigenvalue weighted by atomic mass is 35.5. The second kappa shape index (κ2) is 6.95. The number of hydrogen-bond acceptors (Lipinski definition) is 3. The van der Waals surface area contributed by atoms with Gasteiger partial charge in [-0.2, -0.15) is 5.10 Å². The first-order valence-electron chi connectivity index (χ1n) is 8.24. The van der Waals surface area contributed by atoms with Crippen LogP contribution in [0.5, 0.6) is 0 Å². The van der Waals surface area contributed by atoms with Crippen molar-refractivity contribution in [2.75, 3.05) is 19.6 Å². The molecule has 0 saturated carbocycles. The monoisotopic (exact) mass is 346 g/mol. The average molecular weight is 347 g/mol. The van der Waals surface area contributed by atoms with Crippen LogP contribution in [0, 0.1) is 26.7 Å². The lowest BCUT2D eigenvalue weighted by Crippen LogP contribution is -2.48. The molecule has 1 fully saturated rings. The molecule has 0 atom stereocenters. The Morgan fingerprint density at radius 3 is 2.75 bits per heavy atom. The van der Waals surface area contributed by atoms with Crippen molar-refractivity contribution < 1.29 is 4.79 Å². The quantitative estimate of drug-likeness (QED) is 0.873. The topological polar surface area (TPSA) is 59.0 Å². The smallest absolute Gasteiger partial charge is 0.224 e. The van der Waals surface area contributed by atoms with E-state index in [0.717, 1.165) is 47.8 Å². The minimum atomic E-state index is 0.0505. The number of amides is 1. The molecule has 1 amide bonds. The molecule has 24 heavy (non-hydrogen) atoms. The lowest BCUT2D eigenvalue weighted by molar-refractivity contribution is -0.120. The Kier molecular flexibility index (Phi) is 4.92. The molecule has 1 aromatic carbocycles. The number of benzene rings is 1. The third-order valence-electron chi connectivity index (χ3n) is 4.63. The van der Waals surface area contributed by atoms with Gasteiger partial charge in [-0.15, -0.1) is 0 Å². The fraction of sp³-hybridized carbons (Fsp3) is 0.444. The van der Waals surface area contributed by atoms with Crippen LogP contribution < -0.4 is 10.6 Å². The molecule has 0 spiro atoms. The molecule has 128 valence electrons. The number of rotatable bonds is 5. The number of hydrogen-bond donors (Lipinski definition) is 2. The molecule has 0 unspecified atom stereocenters. The predicted octanol–water partition coefficient (Wildman–Crippen LogP) is 2.33. The largest absolute Gasteiger partial charge is 0.355 e. The number of halogens is 1. The maximum atomic E-state index is 12.2. The lowest BCUT2D eigenvalue weighted by atomic mass is 10.0. The van der Waals surface area contributed by atoms with Crippen LogP contribution in [-0.4, -0.2) is 35.3 Å². The minimum absolute atomic E-state index is 0.0505. The van der Waals surface area contributed by atoms with Gasteiger partial charge >= 0.3 is 0 Å². The van der Waals surface area contributed by atoms with Crippen LogP contribution in [0.25, 0.3) is 5.69 Å². The van der Waals surface area contributed by atoms with Gasteiger partial charge in [0.2, 0.25) is 5.91 Å². The number of aryl methyl sites for hydroxylation is 2. The fourth-order valence-corrected chi connectivity index (χ4v) is 3.04. The van der Waals surface area contributed by atoms with Crippen molar-refractivity contribution in [3.05, 3.63) is 45.7 Å². The van der Waals surface area contributed by atoms with Gasteiger partial charge in [0.15, 0.2) is 0 Å². The lowest BCUT2D eigenvalue weighted by Gasteiger charge is -2.27. The van der Waals surface area contributed by atoms with Gasteiger partial charge < -0.3 is 10.6 Å². The zero-order valence-electron chi connectivity index (χ0n) is 14.3. The van der Waals surface area contributed by atoms with Gasteiger partial charge in [-0.25, -0.2) is 4.68 Å². The van der Waals surface area contributed by atoms with E-state index in [2.05, 4.69) is 15.7 Å². The molecular weight excluding hydrogens is 324 g/mol. The molecule has 2 heterocycles. The third-order valence-corrected chi connectivity index (χ3v) is 5.04. The summed E-state index contributed by atoms with van der Waals surface area (Å²) >= 11 is 6.23. The number of carbonyl (C=O) groups excluding carboxylic acids is 1. The highest BCUT2D eigenvalue weighted by Crippen LogP contribution is 2.23. The van der Waals surface area contributed by atoms with Crippen LogP contribution >= 0.6 is 11.6 Å². The molecule has 1 aliphatic heterocycles. The van der Waals surface area contributed by atoms with E-state index in [1.807, 2.05) is 43.7 Å². The summed E-state index contributed by atoms with van der Waals surface area (Å²) in [5.41, 5.74) is 4.79. The van der Waals surface area contributed by atoms with E-state index in [1.54, 1.807) is 0 Å². The van der Waals surface area contributed by atoms with Gasteiger partial charge in [0.05, 0.1) is 17.8 Å². The van der Waals surface area contributed by atoms with Gasteiger partial charge in [0.1, 0.15) is 0 Å². The van der Waals surface area contributed by atoms with Crippen molar-refractivity contribution in [2.24, 2.45) is 5.92 Å². The summed E-state index contributed by atoms with van der Waals surface area (Å²) in [6.45, 7) is 8.63. The van der Waals surface area contributed by atoms with Crippen molar-refractivity contribution in [3.63, 3.8) is 0 Å². The van der Waals surface area contributed by atoms with Gasteiger partial charge in [0.25, 0.3) is 0 Å². The van der Waals surface area contributed by atoms with Crippen LogP contribution in [-0.2, 0) is 11.2 Å². The Morgan fingerprint density at radius 1 is 1.38 bits per heavy atom. The van der Waals surface area contributed by atoms with Crippen LogP contribution in [0.15, 0.2) is 18.2 Å². The first-order valence-corrected chi connectivity index (χ1v) is 8.62. The molecule has 2 N–H and O–H groups in total. The van der Waals surface area contributed by atoms with Gasteiger partial charge in [-0.1, -0.05) is 17.7 Å². The van der Waals surface area contributed by atoms with Crippen molar-refractivity contribution >= 4 is 17.5 Å². The average Bonchev–Trinajstić information content (AvgIpc) is 2.77. The summed E-state index contributed by atoms with van der Waals surface area (Å²) in [4.78, 5) is 12.2. The van der Waals surface area contributed by atoms with E-state index < -0.39 is 0 Å². The van der Waals surface area contributed by atoms with Crippen LogP contribution in [0.4, 0.5) is 0 Å². The van der Waals surface area contributed by atoms with E-state index in [-0.39, 0.29) is 5.91 Å². The molecule has 1 saturated heterocycles.